The average Bonchev–Trinajstić information content (AvgIpc) is 3.50. The van der Waals surface area contributed by atoms with Gasteiger partial charge in [-0.3, -0.25) is 9.59 Å². The van der Waals surface area contributed by atoms with E-state index in [0.29, 0.717) is 49.3 Å². The minimum atomic E-state index is -3.80. The number of nitrogens with two attached hydrogens (primary N) is 1. The molecule has 47 heavy (non-hydrogen) atoms. The molecule has 0 spiro atoms. The first-order valence-corrected chi connectivity index (χ1v) is 16.9. The van der Waals surface area contributed by atoms with Crippen molar-refractivity contribution in [2.45, 2.75) is 43.0 Å². The molecule has 7 N–H and O–H groups in total. The van der Waals surface area contributed by atoms with Gasteiger partial charge in [0.2, 0.25) is 27.1 Å². The first-order chi connectivity index (χ1) is 22.4. The number of carbonyl (C=O) groups is 3. The summed E-state index contributed by atoms with van der Waals surface area (Å²) >= 11 is 5.83. The van der Waals surface area contributed by atoms with Gasteiger partial charge in [-0.1, -0.05) is 36.4 Å². The van der Waals surface area contributed by atoms with Crippen LogP contribution in [0.2, 0.25) is 5.28 Å². The summed E-state index contributed by atoms with van der Waals surface area (Å²) < 4.78 is 23.2. The van der Waals surface area contributed by atoms with Crippen molar-refractivity contribution in [3.63, 3.8) is 0 Å². The molecule has 15 heteroatoms. The molecule has 13 nitrogen and oxygen atoms in total. The van der Waals surface area contributed by atoms with Gasteiger partial charge in [-0.2, -0.15) is 10.1 Å². The number of carbonyl (C=O) groups excluding carboxylic acids is 2. The summed E-state index contributed by atoms with van der Waals surface area (Å²) in [5.74, 6) is -0.330. The third kappa shape index (κ3) is 9.15. The number of rotatable bonds is 11. The fraction of sp³-hybridized carbons (Fsp3) is 0.281. The highest BCUT2D eigenvalue weighted by Gasteiger charge is 2.30. The summed E-state index contributed by atoms with van der Waals surface area (Å²) in [4.78, 5) is 41.9. The maximum absolute atomic E-state index is 13.6. The Kier molecular flexibility index (Phi) is 10.5. The number of aromatic nitrogens is 3. The molecule has 0 saturated heterocycles. The molecular formula is C32H34ClN7O6S. The predicted octanol–water partition coefficient (Wildman–Crippen LogP) is 4.18. The molecule has 0 unspecified atom stereocenters. The van der Waals surface area contributed by atoms with Crippen molar-refractivity contribution < 1.29 is 27.9 Å². The van der Waals surface area contributed by atoms with Gasteiger partial charge in [-0.15, -0.1) is 0 Å². The number of sulfonamides is 1. The van der Waals surface area contributed by atoms with Gasteiger partial charge in [0, 0.05) is 30.1 Å². The van der Waals surface area contributed by atoms with Crippen LogP contribution in [0.1, 0.15) is 31.2 Å². The number of carboxylic acid groups (broad SMARTS) is 1. The lowest BCUT2D eigenvalue weighted by Gasteiger charge is -2.29. The van der Waals surface area contributed by atoms with Gasteiger partial charge in [0.15, 0.2) is 5.82 Å². The standard InChI is InChI=1S/C32H34ClN7O6S/c33-31-38-28(39-40-31)23-9-13-25(14-10-23)36-30(42)27(37-29(41)24-7-3-20(4-8-24)18-35-32(43)44)17-19-1-5-21(6-2-19)22-11-15-26(16-12-22)47(34,45)46/h1-2,5-6,9-16,20,24,27,35H,3-4,7-8,17-18H2,(H,36,42)(H,37,41)(H,43,44)(H2,34,45,46)(H,38,39,40)/t20?,24?,27-/m0/s1. The van der Waals surface area contributed by atoms with Crippen molar-refractivity contribution in [1.82, 2.24) is 25.8 Å². The monoisotopic (exact) mass is 679 g/mol. The molecule has 5 rings (SSSR count). The molecule has 0 bridgehead atoms. The van der Waals surface area contributed by atoms with E-state index < -0.39 is 28.1 Å². The Morgan fingerprint density at radius 2 is 1.51 bits per heavy atom. The molecular weight excluding hydrogens is 646 g/mol. The summed E-state index contributed by atoms with van der Waals surface area (Å²) in [6.45, 7) is 0.350. The van der Waals surface area contributed by atoms with Gasteiger partial charge in [0.05, 0.1) is 4.90 Å². The second-order valence-corrected chi connectivity index (χ2v) is 13.4. The smallest absolute Gasteiger partial charge is 0.404 e. The molecule has 1 saturated carbocycles. The van der Waals surface area contributed by atoms with Crippen LogP contribution in [-0.2, 0) is 26.0 Å². The van der Waals surface area contributed by atoms with Crippen LogP contribution in [-0.4, -0.2) is 59.2 Å². The van der Waals surface area contributed by atoms with E-state index in [4.69, 9.17) is 21.8 Å². The maximum atomic E-state index is 13.6. The summed E-state index contributed by atoms with van der Waals surface area (Å²) in [6, 6.07) is 19.7. The maximum Gasteiger partial charge on any atom is 0.404 e. The van der Waals surface area contributed by atoms with Crippen LogP contribution in [0.5, 0.6) is 0 Å². The summed E-state index contributed by atoms with van der Waals surface area (Å²) in [6.07, 6.45) is 1.75. The minimum absolute atomic E-state index is 0.0183. The van der Waals surface area contributed by atoms with Gasteiger partial charge in [0.1, 0.15) is 6.04 Å². The Labute approximate surface area is 276 Å². The first-order valence-electron chi connectivity index (χ1n) is 14.9. The second kappa shape index (κ2) is 14.8. The molecule has 246 valence electrons. The Morgan fingerprint density at radius 3 is 2.06 bits per heavy atom. The molecule has 1 atom stereocenters. The third-order valence-electron chi connectivity index (χ3n) is 8.17. The molecule has 1 aliphatic rings. The van der Waals surface area contributed by atoms with Crippen LogP contribution in [0.25, 0.3) is 22.5 Å². The number of benzene rings is 3. The van der Waals surface area contributed by atoms with E-state index in [0.717, 1.165) is 16.7 Å². The Hall–Kier alpha value is -4.79. The number of nitrogens with one attached hydrogen (secondary N) is 4. The van der Waals surface area contributed by atoms with Crippen LogP contribution in [0.15, 0.2) is 77.7 Å². The van der Waals surface area contributed by atoms with E-state index in [1.165, 1.54) is 12.1 Å². The topological polar surface area (TPSA) is 209 Å². The van der Waals surface area contributed by atoms with Gasteiger partial charge in [0.25, 0.3) is 0 Å². The summed E-state index contributed by atoms with van der Waals surface area (Å²) in [5, 5.41) is 29.1. The normalized spacial score (nSPS) is 17.0. The van der Waals surface area contributed by atoms with E-state index in [2.05, 4.69) is 31.1 Å². The fourth-order valence-corrected chi connectivity index (χ4v) is 6.21. The van der Waals surface area contributed by atoms with Gasteiger partial charge < -0.3 is 21.1 Å². The zero-order valence-electron chi connectivity index (χ0n) is 25.1. The molecule has 1 aliphatic carbocycles. The van der Waals surface area contributed by atoms with Crippen LogP contribution in [0, 0.1) is 11.8 Å². The number of hydrogen-bond acceptors (Lipinski definition) is 7. The molecule has 1 aromatic heterocycles. The minimum Gasteiger partial charge on any atom is -0.465 e. The van der Waals surface area contributed by atoms with Crippen molar-refractivity contribution in [2.24, 2.45) is 17.0 Å². The highest BCUT2D eigenvalue weighted by Crippen LogP contribution is 2.29. The van der Waals surface area contributed by atoms with Crippen molar-refractivity contribution in [2.75, 3.05) is 11.9 Å². The molecule has 3 aromatic carbocycles. The third-order valence-corrected chi connectivity index (χ3v) is 9.27. The summed E-state index contributed by atoms with van der Waals surface area (Å²) in [5.41, 5.74) is 3.64. The van der Waals surface area contributed by atoms with Crippen LogP contribution >= 0.6 is 11.6 Å². The summed E-state index contributed by atoms with van der Waals surface area (Å²) in [7, 11) is -3.80. The van der Waals surface area contributed by atoms with Crippen LogP contribution in [0.3, 0.4) is 0 Å². The lowest BCUT2D eigenvalue weighted by Crippen LogP contribution is -2.48. The number of halogens is 1. The number of nitrogens with zero attached hydrogens (tertiary/aromatic N) is 2. The van der Waals surface area contributed by atoms with Crippen LogP contribution in [0.4, 0.5) is 10.5 Å². The molecule has 0 radical (unpaired) electrons. The second-order valence-electron chi connectivity index (χ2n) is 11.5. The Bertz CT molecular complexity index is 1820. The quantitative estimate of drug-likeness (QED) is 0.135. The van der Waals surface area contributed by atoms with Gasteiger partial charge in [-0.25, -0.2) is 23.4 Å². The highest BCUT2D eigenvalue weighted by atomic mass is 35.5. The number of primary sulfonamides is 1. The largest absolute Gasteiger partial charge is 0.465 e. The zero-order valence-corrected chi connectivity index (χ0v) is 26.7. The predicted molar refractivity (Wildman–Crippen MR) is 176 cm³/mol. The van der Waals surface area contributed by atoms with Gasteiger partial charge >= 0.3 is 6.09 Å². The molecule has 1 heterocycles. The van der Waals surface area contributed by atoms with E-state index in [1.54, 1.807) is 36.4 Å². The SMILES string of the molecule is NS(=O)(=O)c1ccc(-c2ccc(C[C@H](NC(=O)C3CCC(CNC(=O)O)CC3)C(=O)Nc3ccc(-c4n[nH]c(Cl)n4)cc3)cc2)cc1. The van der Waals surface area contributed by atoms with Gasteiger partial charge in [-0.05, 0) is 96.3 Å². The van der Waals surface area contributed by atoms with E-state index in [9.17, 15) is 22.8 Å². The number of hydrogen-bond donors (Lipinski definition) is 6. The van der Waals surface area contributed by atoms with Crippen molar-refractivity contribution in [1.29, 1.82) is 0 Å². The highest BCUT2D eigenvalue weighted by molar-refractivity contribution is 7.89. The van der Waals surface area contributed by atoms with E-state index >= 15 is 0 Å². The van der Waals surface area contributed by atoms with E-state index in [1.807, 2.05) is 24.3 Å². The fourth-order valence-electron chi connectivity index (χ4n) is 5.57. The van der Waals surface area contributed by atoms with Crippen molar-refractivity contribution in [3.8, 4) is 22.5 Å². The Balaban J connectivity index is 1.28. The van der Waals surface area contributed by atoms with Crippen molar-refractivity contribution in [3.05, 3.63) is 83.6 Å². The molecule has 1 fully saturated rings. The lowest BCUT2D eigenvalue weighted by molar-refractivity contribution is -0.130. The number of aromatic amines is 1. The number of amides is 3. The molecule has 0 aliphatic heterocycles. The van der Waals surface area contributed by atoms with Crippen molar-refractivity contribution >= 4 is 45.2 Å². The Morgan fingerprint density at radius 1 is 0.915 bits per heavy atom. The lowest BCUT2D eigenvalue weighted by atomic mass is 9.81. The zero-order chi connectivity index (χ0) is 33.6. The molecule has 4 aromatic rings. The number of H-pyrrole nitrogens is 1. The number of anilines is 1. The molecule has 3 amide bonds. The first kappa shape index (κ1) is 33.6. The van der Waals surface area contributed by atoms with Crippen LogP contribution < -0.4 is 21.1 Å². The van der Waals surface area contributed by atoms with E-state index in [-0.39, 0.29) is 34.3 Å². The average molecular weight is 680 g/mol.